The Labute approximate surface area is 115 Å². The van der Waals surface area contributed by atoms with E-state index in [1.54, 1.807) is 0 Å². The normalized spacial score (nSPS) is 14.8. The highest BCUT2D eigenvalue weighted by Gasteiger charge is 2.41. The van der Waals surface area contributed by atoms with Gasteiger partial charge in [0.1, 0.15) is 0 Å². The van der Waals surface area contributed by atoms with Gasteiger partial charge in [0.15, 0.2) is 0 Å². The molecule has 0 aliphatic heterocycles. The molecule has 0 aromatic rings. The number of rotatable bonds is 10. The van der Waals surface area contributed by atoms with Crippen molar-refractivity contribution in [1.29, 1.82) is 0 Å². The predicted molar refractivity (Wildman–Crippen MR) is 81.4 cm³/mol. The maximum absolute atomic E-state index is 6.26. The summed E-state index contributed by atoms with van der Waals surface area (Å²) in [5.74, 6) is 0. The third-order valence-corrected chi connectivity index (χ3v) is 8.57. The van der Waals surface area contributed by atoms with Crippen LogP contribution >= 0.6 is 0 Å². The Hall–Kier alpha value is 0.274. The first-order chi connectivity index (χ1) is 8.31. The van der Waals surface area contributed by atoms with Crippen LogP contribution in [0, 0.1) is 0 Å². The molecule has 0 fully saturated rings. The minimum absolute atomic E-state index is 0.269. The fourth-order valence-corrected chi connectivity index (χ4v) is 5.73. The Kier molecular flexibility index (Phi) is 8.57. The Morgan fingerprint density at radius 3 is 1.56 bits per heavy atom. The van der Waals surface area contributed by atoms with Crippen LogP contribution in [0.3, 0.4) is 0 Å². The van der Waals surface area contributed by atoms with Crippen molar-refractivity contribution in [3.63, 3.8) is 0 Å². The monoisotopic (exact) mass is 293 g/mol. The van der Waals surface area contributed by atoms with Crippen LogP contribution in [0.15, 0.2) is 0 Å². The first kappa shape index (κ1) is 18.3. The average molecular weight is 294 g/mol. The van der Waals surface area contributed by atoms with E-state index in [9.17, 15) is 0 Å². The van der Waals surface area contributed by atoms with Crippen LogP contribution in [0.25, 0.3) is 0 Å². The molecular formula is C12H31NO3Si2. The molecule has 1 atom stereocenters. The average Bonchev–Trinajstić information content (AvgIpc) is 2.25. The molecule has 110 valence electrons. The molecule has 0 aromatic carbocycles. The lowest BCUT2D eigenvalue weighted by Crippen LogP contribution is -2.50. The zero-order chi connectivity index (χ0) is 14.2. The molecule has 4 nitrogen and oxygen atoms in total. The fourth-order valence-electron chi connectivity index (χ4n) is 1.77. The van der Waals surface area contributed by atoms with Crippen molar-refractivity contribution >= 4 is 16.9 Å². The van der Waals surface area contributed by atoms with Crippen molar-refractivity contribution in [2.75, 3.05) is 19.8 Å². The van der Waals surface area contributed by atoms with Crippen molar-refractivity contribution in [3.8, 4) is 0 Å². The topological polar surface area (TPSA) is 53.7 Å². The van der Waals surface area contributed by atoms with Gasteiger partial charge in [-0.05, 0) is 32.9 Å². The zero-order valence-corrected chi connectivity index (χ0v) is 14.9. The van der Waals surface area contributed by atoms with Gasteiger partial charge in [0.2, 0.25) is 0 Å². The summed E-state index contributed by atoms with van der Waals surface area (Å²) >= 11 is 0. The Balaban J connectivity index is 4.56. The van der Waals surface area contributed by atoms with Gasteiger partial charge in [-0.15, -0.1) is 0 Å². The summed E-state index contributed by atoms with van der Waals surface area (Å²) < 4.78 is 17.5. The minimum atomic E-state index is -2.49. The molecule has 0 saturated carbocycles. The van der Waals surface area contributed by atoms with Gasteiger partial charge >= 0.3 is 8.80 Å². The molecule has 1 unspecified atom stereocenters. The second-order valence-corrected chi connectivity index (χ2v) is 13.7. The lowest BCUT2D eigenvalue weighted by Gasteiger charge is -2.31. The molecule has 0 amide bonds. The number of hydrogen-bond acceptors (Lipinski definition) is 4. The van der Waals surface area contributed by atoms with Crippen LogP contribution in [0.1, 0.15) is 27.2 Å². The van der Waals surface area contributed by atoms with Gasteiger partial charge in [-0.25, -0.2) is 0 Å². The Bertz CT molecular complexity index is 205. The molecule has 0 aliphatic carbocycles. The summed E-state index contributed by atoms with van der Waals surface area (Å²) in [5, 5.41) is 0. The minimum Gasteiger partial charge on any atom is -0.374 e. The van der Waals surface area contributed by atoms with E-state index in [0.717, 1.165) is 12.5 Å². The van der Waals surface area contributed by atoms with E-state index in [1.165, 1.54) is 0 Å². The molecule has 0 heterocycles. The highest BCUT2D eigenvalue weighted by molar-refractivity contribution is 6.77. The quantitative estimate of drug-likeness (QED) is 0.629. The highest BCUT2D eigenvalue weighted by atomic mass is 28.4. The van der Waals surface area contributed by atoms with E-state index in [4.69, 9.17) is 19.0 Å². The third-order valence-electron chi connectivity index (χ3n) is 2.97. The van der Waals surface area contributed by atoms with Gasteiger partial charge in [-0.1, -0.05) is 19.6 Å². The molecule has 6 heteroatoms. The standard InChI is InChI=1S/C12H31NO3Si2/c1-7-14-18(15-8-2,16-9-3)11-10-12(13)17(4,5)6/h12H,7-11,13H2,1-6H3. The van der Waals surface area contributed by atoms with Gasteiger partial charge in [-0.2, -0.15) is 0 Å². The molecule has 0 aliphatic rings. The van der Waals surface area contributed by atoms with Crippen LogP contribution in [-0.2, 0) is 13.3 Å². The van der Waals surface area contributed by atoms with Gasteiger partial charge in [0.05, 0.1) is 8.07 Å². The van der Waals surface area contributed by atoms with Crippen LogP contribution in [0.2, 0.25) is 25.7 Å². The summed E-state index contributed by atoms with van der Waals surface area (Å²) in [7, 11) is -3.79. The Morgan fingerprint density at radius 2 is 1.28 bits per heavy atom. The van der Waals surface area contributed by atoms with Crippen LogP contribution in [0.4, 0.5) is 0 Å². The van der Waals surface area contributed by atoms with E-state index in [0.29, 0.717) is 19.8 Å². The van der Waals surface area contributed by atoms with E-state index in [2.05, 4.69) is 19.6 Å². The SMILES string of the molecule is CCO[Si](CCC(N)[Si](C)(C)C)(OCC)OCC. The maximum Gasteiger partial charge on any atom is 0.500 e. The molecule has 2 N–H and O–H groups in total. The lowest BCUT2D eigenvalue weighted by molar-refractivity contribution is 0.0707. The van der Waals surface area contributed by atoms with Gasteiger partial charge < -0.3 is 19.0 Å². The second kappa shape index (κ2) is 8.45. The van der Waals surface area contributed by atoms with Crippen molar-refractivity contribution in [3.05, 3.63) is 0 Å². The highest BCUT2D eigenvalue weighted by Crippen LogP contribution is 2.21. The maximum atomic E-state index is 6.26. The van der Waals surface area contributed by atoms with Crippen molar-refractivity contribution in [2.24, 2.45) is 5.73 Å². The van der Waals surface area contributed by atoms with Crippen molar-refractivity contribution in [2.45, 2.75) is 58.5 Å². The second-order valence-electron chi connectivity index (χ2n) is 5.49. The number of hydrogen-bond donors (Lipinski definition) is 1. The van der Waals surface area contributed by atoms with Gasteiger partial charge in [0.25, 0.3) is 0 Å². The first-order valence-corrected chi connectivity index (χ1v) is 12.5. The molecule has 18 heavy (non-hydrogen) atoms. The number of nitrogens with two attached hydrogens (primary N) is 1. The molecular weight excluding hydrogens is 262 g/mol. The van der Waals surface area contributed by atoms with Gasteiger partial charge in [0, 0.05) is 25.9 Å². The fraction of sp³-hybridized carbons (Fsp3) is 1.00. The molecule has 0 spiro atoms. The van der Waals surface area contributed by atoms with Gasteiger partial charge in [-0.3, -0.25) is 0 Å². The van der Waals surface area contributed by atoms with E-state index in [-0.39, 0.29) is 5.67 Å². The largest absolute Gasteiger partial charge is 0.500 e. The molecule has 0 radical (unpaired) electrons. The molecule has 0 bridgehead atoms. The molecule has 0 saturated heterocycles. The smallest absolute Gasteiger partial charge is 0.374 e. The summed E-state index contributed by atoms with van der Waals surface area (Å²) in [6, 6.07) is 0.827. The van der Waals surface area contributed by atoms with Crippen LogP contribution in [0.5, 0.6) is 0 Å². The summed E-state index contributed by atoms with van der Waals surface area (Å²) in [6.45, 7) is 14.7. The summed E-state index contributed by atoms with van der Waals surface area (Å²) in [6.07, 6.45) is 0.932. The molecule has 0 rings (SSSR count). The Morgan fingerprint density at radius 1 is 0.889 bits per heavy atom. The summed E-state index contributed by atoms with van der Waals surface area (Å²) in [4.78, 5) is 0. The third kappa shape index (κ3) is 6.44. The van der Waals surface area contributed by atoms with Crippen molar-refractivity contribution in [1.82, 2.24) is 0 Å². The van der Waals surface area contributed by atoms with E-state index in [1.807, 2.05) is 20.8 Å². The van der Waals surface area contributed by atoms with Crippen LogP contribution in [-0.4, -0.2) is 42.4 Å². The summed E-state index contributed by atoms with van der Waals surface area (Å²) in [5.41, 5.74) is 6.53. The zero-order valence-electron chi connectivity index (χ0n) is 12.9. The van der Waals surface area contributed by atoms with E-state index >= 15 is 0 Å². The van der Waals surface area contributed by atoms with Crippen molar-refractivity contribution < 1.29 is 13.3 Å². The lowest BCUT2D eigenvalue weighted by atomic mass is 10.5. The van der Waals surface area contributed by atoms with E-state index < -0.39 is 16.9 Å². The predicted octanol–water partition coefficient (Wildman–Crippen LogP) is 2.63. The molecule has 0 aromatic heterocycles. The van der Waals surface area contributed by atoms with Crippen LogP contribution < -0.4 is 5.73 Å². The first-order valence-electron chi connectivity index (χ1n) is 6.98.